The molecular formula is C24H21FN2O6S. The molecule has 0 aliphatic rings. The number of nitrogens with zero attached hydrogens (tertiary/aromatic N) is 1. The highest BCUT2D eigenvalue weighted by Crippen LogP contribution is 2.27. The molecule has 0 unspecified atom stereocenters. The van der Waals surface area contributed by atoms with E-state index in [2.05, 4.69) is 0 Å². The molecule has 0 aliphatic heterocycles. The molecule has 2 heterocycles. The number of benzene rings is 2. The molecule has 0 fully saturated rings. The van der Waals surface area contributed by atoms with Crippen LogP contribution in [0.1, 0.15) is 37.9 Å². The third kappa shape index (κ3) is 4.25. The Kier molecular flexibility index (Phi) is 5.88. The number of fused-ring (bicyclic) bond motifs is 1. The normalized spacial score (nSPS) is 11.7. The maximum absolute atomic E-state index is 13.5. The monoisotopic (exact) mass is 484 g/mol. The maximum atomic E-state index is 13.5. The number of halogens is 1. The van der Waals surface area contributed by atoms with Crippen molar-refractivity contribution in [3.05, 3.63) is 82.6 Å². The lowest BCUT2D eigenvalue weighted by Gasteiger charge is -2.10. The van der Waals surface area contributed by atoms with Gasteiger partial charge < -0.3 is 13.7 Å². The highest BCUT2D eigenvalue weighted by Gasteiger charge is 2.23. The highest BCUT2D eigenvalue weighted by molar-refractivity contribution is 7.89. The summed E-state index contributed by atoms with van der Waals surface area (Å²) in [4.78, 5) is 25.3. The number of nitrogens with two attached hydrogens (primary N) is 1. The van der Waals surface area contributed by atoms with Crippen molar-refractivity contribution in [2.45, 2.75) is 25.7 Å². The summed E-state index contributed by atoms with van der Waals surface area (Å²) in [7, 11) is -3.82. The van der Waals surface area contributed by atoms with Crippen LogP contribution in [0.2, 0.25) is 0 Å². The van der Waals surface area contributed by atoms with Gasteiger partial charge in [-0.3, -0.25) is 4.79 Å². The number of carbonyl (C=O) groups excluding carboxylic acids is 2. The molecule has 0 atom stereocenters. The third-order valence-corrected chi connectivity index (χ3v) is 6.50. The molecule has 0 aliphatic carbocycles. The predicted octanol–water partition coefficient (Wildman–Crippen LogP) is 3.97. The van der Waals surface area contributed by atoms with Crippen LogP contribution >= 0.6 is 0 Å². The van der Waals surface area contributed by atoms with Crippen LogP contribution in [-0.4, -0.2) is 31.3 Å². The van der Waals surface area contributed by atoms with Crippen molar-refractivity contribution in [2.75, 3.05) is 6.61 Å². The van der Waals surface area contributed by atoms with Crippen molar-refractivity contribution in [2.24, 2.45) is 5.14 Å². The van der Waals surface area contributed by atoms with E-state index < -0.39 is 34.2 Å². The molecule has 8 nitrogen and oxygen atoms in total. The Hall–Kier alpha value is -3.76. The van der Waals surface area contributed by atoms with Crippen LogP contribution in [0.5, 0.6) is 0 Å². The van der Waals surface area contributed by atoms with Crippen LogP contribution in [-0.2, 0) is 14.8 Å². The largest absolute Gasteiger partial charge is 0.451 e. The predicted molar refractivity (Wildman–Crippen MR) is 122 cm³/mol. The first-order chi connectivity index (χ1) is 16.0. The molecular weight excluding hydrogens is 463 g/mol. The highest BCUT2D eigenvalue weighted by atomic mass is 32.2. The number of carbonyl (C=O) groups is 2. The van der Waals surface area contributed by atoms with Gasteiger partial charge in [0, 0.05) is 33.6 Å². The molecule has 10 heteroatoms. The standard InChI is InChI=1S/C24H21FN2O6S/c1-13-10-20(15(3)27(13)17-5-7-18(8-6-17)34(26,30)31)21(28)12-32-24(29)23-14(2)19-11-16(25)4-9-22(19)33-23/h4-11H,12H2,1-3H3,(H2,26,30,31). The molecule has 0 bridgehead atoms. The molecule has 34 heavy (non-hydrogen) atoms. The Balaban J connectivity index is 1.53. The summed E-state index contributed by atoms with van der Waals surface area (Å²) in [6.45, 7) is 4.62. The molecule has 4 aromatic rings. The van der Waals surface area contributed by atoms with Gasteiger partial charge in [-0.25, -0.2) is 22.7 Å². The Bertz CT molecular complexity index is 1550. The lowest BCUT2D eigenvalue weighted by Crippen LogP contribution is -2.15. The van der Waals surface area contributed by atoms with Gasteiger partial charge in [0.15, 0.2) is 6.61 Å². The summed E-state index contributed by atoms with van der Waals surface area (Å²) in [6, 6.07) is 11.5. The van der Waals surface area contributed by atoms with E-state index in [9.17, 15) is 22.4 Å². The van der Waals surface area contributed by atoms with Gasteiger partial charge in [-0.1, -0.05) is 0 Å². The average Bonchev–Trinajstić information content (AvgIpc) is 3.27. The number of ether oxygens (including phenoxy) is 1. The van der Waals surface area contributed by atoms with Crippen molar-refractivity contribution >= 4 is 32.7 Å². The summed E-state index contributed by atoms with van der Waals surface area (Å²) in [5, 5.41) is 5.60. The summed E-state index contributed by atoms with van der Waals surface area (Å²) in [5.41, 5.74) is 3.08. The van der Waals surface area contributed by atoms with Gasteiger partial charge in [0.1, 0.15) is 11.4 Å². The summed E-state index contributed by atoms with van der Waals surface area (Å²) in [6.07, 6.45) is 0. The first-order valence-corrected chi connectivity index (χ1v) is 11.7. The van der Waals surface area contributed by atoms with Crippen LogP contribution < -0.4 is 5.14 Å². The van der Waals surface area contributed by atoms with Gasteiger partial charge in [-0.05, 0) is 69.3 Å². The summed E-state index contributed by atoms with van der Waals surface area (Å²) < 4.78 is 48.9. The van der Waals surface area contributed by atoms with E-state index in [1.54, 1.807) is 43.5 Å². The fourth-order valence-electron chi connectivity index (χ4n) is 3.89. The van der Waals surface area contributed by atoms with E-state index in [4.69, 9.17) is 14.3 Å². The Labute approximate surface area is 194 Å². The quantitative estimate of drug-likeness (QED) is 0.326. The molecule has 2 N–H and O–H groups in total. The van der Waals surface area contributed by atoms with Crippen molar-refractivity contribution in [1.82, 2.24) is 4.57 Å². The van der Waals surface area contributed by atoms with E-state index in [0.29, 0.717) is 33.5 Å². The first-order valence-electron chi connectivity index (χ1n) is 10.2. The SMILES string of the molecule is Cc1c(C(=O)OCC(=O)c2cc(C)n(-c3ccc(S(N)(=O)=O)cc3)c2C)oc2ccc(F)cc12. The fraction of sp³-hybridized carbons (Fsp3) is 0.167. The molecule has 2 aromatic heterocycles. The minimum absolute atomic E-state index is 0.0226. The number of esters is 1. The maximum Gasteiger partial charge on any atom is 0.375 e. The third-order valence-electron chi connectivity index (χ3n) is 5.57. The van der Waals surface area contributed by atoms with E-state index in [-0.39, 0.29) is 10.7 Å². The van der Waals surface area contributed by atoms with Crippen LogP contribution in [0.25, 0.3) is 16.7 Å². The topological polar surface area (TPSA) is 122 Å². The van der Waals surface area contributed by atoms with E-state index >= 15 is 0 Å². The van der Waals surface area contributed by atoms with Gasteiger partial charge in [0.2, 0.25) is 21.6 Å². The van der Waals surface area contributed by atoms with Gasteiger partial charge in [0.25, 0.3) is 0 Å². The van der Waals surface area contributed by atoms with Gasteiger partial charge >= 0.3 is 5.97 Å². The number of ketones is 1. The molecule has 0 saturated heterocycles. The molecule has 0 radical (unpaired) electrons. The van der Waals surface area contributed by atoms with Crippen molar-refractivity contribution < 1.29 is 31.6 Å². The second-order valence-electron chi connectivity index (χ2n) is 7.86. The minimum atomic E-state index is -3.82. The zero-order chi connectivity index (χ0) is 24.8. The van der Waals surface area contributed by atoms with Crippen LogP contribution in [0, 0.1) is 26.6 Å². The van der Waals surface area contributed by atoms with E-state index in [1.165, 1.54) is 30.3 Å². The zero-order valence-electron chi connectivity index (χ0n) is 18.6. The number of furan rings is 1. The molecule has 2 aromatic carbocycles. The molecule has 0 saturated carbocycles. The zero-order valence-corrected chi connectivity index (χ0v) is 19.4. The van der Waals surface area contributed by atoms with Crippen LogP contribution in [0.15, 0.2) is 57.8 Å². The second kappa shape index (κ2) is 8.54. The number of hydrogen-bond donors (Lipinski definition) is 1. The first kappa shape index (κ1) is 23.4. The molecule has 176 valence electrons. The summed E-state index contributed by atoms with van der Waals surface area (Å²) in [5.74, 6) is -1.79. The molecule has 0 spiro atoms. The minimum Gasteiger partial charge on any atom is -0.451 e. The van der Waals surface area contributed by atoms with E-state index in [1.807, 2.05) is 0 Å². The lowest BCUT2D eigenvalue weighted by molar-refractivity contribution is 0.0445. The fourth-order valence-corrected chi connectivity index (χ4v) is 4.40. The van der Waals surface area contributed by atoms with Gasteiger partial charge in [-0.15, -0.1) is 0 Å². The Morgan fingerprint density at radius 1 is 1.06 bits per heavy atom. The lowest BCUT2D eigenvalue weighted by atomic mass is 10.1. The average molecular weight is 485 g/mol. The second-order valence-corrected chi connectivity index (χ2v) is 9.42. The molecule has 4 rings (SSSR count). The number of Topliss-reactive ketones (excluding diaryl/α,β-unsaturated/α-hetero) is 1. The van der Waals surface area contributed by atoms with Gasteiger partial charge in [-0.2, -0.15) is 0 Å². The Morgan fingerprint density at radius 3 is 2.38 bits per heavy atom. The number of primary sulfonamides is 1. The number of aromatic nitrogens is 1. The number of hydrogen-bond acceptors (Lipinski definition) is 6. The molecule has 0 amide bonds. The van der Waals surface area contributed by atoms with Crippen LogP contribution in [0.3, 0.4) is 0 Å². The number of aryl methyl sites for hydroxylation is 2. The number of rotatable bonds is 6. The van der Waals surface area contributed by atoms with E-state index in [0.717, 1.165) is 5.69 Å². The van der Waals surface area contributed by atoms with Gasteiger partial charge in [0.05, 0.1) is 4.90 Å². The van der Waals surface area contributed by atoms with Crippen molar-refractivity contribution in [3.63, 3.8) is 0 Å². The van der Waals surface area contributed by atoms with Crippen LogP contribution in [0.4, 0.5) is 4.39 Å². The smallest absolute Gasteiger partial charge is 0.375 e. The van der Waals surface area contributed by atoms with Crippen molar-refractivity contribution in [1.29, 1.82) is 0 Å². The Morgan fingerprint density at radius 2 is 1.74 bits per heavy atom. The number of sulfonamides is 1. The van der Waals surface area contributed by atoms with Crippen molar-refractivity contribution in [3.8, 4) is 5.69 Å². The summed E-state index contributed by atoms with van der Waals surface area (Å²) >= 11 is 0.